The van der Waals surface area contributed by atoms with Crippen LogP contribution in [0.25, 0.3) is 10.9 Å². The summed E-state index contributed by atoms with van der Waals surface area (Å²) in [5.41, 5.74) is 2.24. The Kier molecular flexibility index (Phi) is 3.25. The van der Waals surface area contributed by atoms with Gasteiger partial charge >= 0.3 is 0 Å². The van der Waals surface area contributed by atoms with Crippen LogP contribution in [0.2, 0.25) is 0 Å². The molecule has 0 saturated carbocycles. The molecule has 0 unspecified atom stereocenters. The molecule has 19 heavy (non-hydrogen) atoms. The first-order valence-corrected chi connectivity index (χ1v) is 7.00. The van der Waals surface area contributed by atoms with Crippen molar-refractivity contribution in [2.45, 2.75) is 19.4 Å². The Balaban J connectivity index is 1.97. The van der Waals surface area contributed by atoms with Gasteiger partial charge in [0.05, 0.1) is 16.7 Å². The van der Waals surface area contributed by atoms with Gasteiger partial charge in [0.1, 0.15) is 0 Å². The van der Waals surface area contributed by atoms with E-state index in [1.54, 1.807) is 0 Å². The molecule has 1 fully saturated rings. The number of hydrogen-bond acceptors (Lipinski definition) is 3. The molecule has 0 aliphatic carbocycles. The standard InChI is InChI=1S/C16H21N3/c1-16(2,19-11-9-17-10-12-19)15-8-7-13-5-3-4-6-14(13)18-15/h3-8,17H,9-12H2,1-2H3. The van der Waals surface area contributed by atoms with E-state index in [1.165, 1.54) is 5.39 Å². The van der Waals surface area contributed by atoms with Gasteiger partial charge in [-0.15, -0.1) is 0 Å². The summed E-state index contributed by atoms with van der Waals surface area (Å²) in [5.74, 6) is 0. The predicted octanol–water partition coefficient (Wildman–Crippen LogP) is 2.38. The van der Waals surface area contributed by atoms with Crippen molar-refractivity contribution in [3.05, 3.63) is 42.1 Å². The van der Waals surface area contributed by atoms with Gasteiger partial charge in [-0.1, -0.05) is 24.3 Å². The fourth-order valence-corrected chi connectivity index (χ4v) is 2.79. The first-order valence-electron chi connectivity index (χ1n) is 7.00. The van der Waals surface area contributed by atoms with Gasteiger partial charge in [0.25, 0.3) is 0 Å². The Bertz CT molecular complexity index is 571. The van der Waals surface area contributed by atoms with Crippen molar-refractivity contribution in [3.63, 3.8) is 0 Å². The molecule has 1 aliphatic rings. The number of nitrogens with one attached hydrogen (secondary N) is 1. The van der Waals surface area contributed by atoms with Crippen LogP contribution in [0, 0.1) is 0 Å². The number of nitrogens with zero attached hydrogens (tertiary/aromatic N) is 2. The topological polar surface area (TPSA) is 28.2 Å². The van der Waals surface area contributed by atoms with E-state index in [-0.39, 0.29) is 5.54 Å². The molecule has 2 aromatic rings. The highest BCUT2D eigenvalue weighted by molar-refractivity contribution is 5.78. The molecule has 3 rings (SSSR count). The number of rotatable bonds is 2. The number of pyridine rings is 1. The maximum absolute atomic E-state index is 4.86. The highest BCUT2D eigenvalue weighted by atomic mass is 15.2. The molecule has 0 spiro atoms. The van der Waals surface area contributed by atoms with Crippen LogP contribution < -0.4 is 5.32 Å². The quantitative estimate of drug-likeness (QED) is 0.893. The van der Waals surface area contributed by atoms with Crippen molar-refractivity contribution < 1.29 is 0 Å². The van der Waals surface area contributed by atoms with Crippen molar-refractivity contribution in [1.29, 1.82) is 0 Å². The lowest BCUT2D eigenvalue weighted by molar-refractivity contribution is 0.0991. The Morgan fingerprint density at radius 1 is 1.05 bits per heavy atom. The van der Waals surface area contributed by atoms with Gasteiger partial charge in [-0.05, 0) is 26.0 Å². The summed E-state index contributed by atoms with van der Waals surface area (Å²) in [6, 6.07) is 12.7. The molecule has 3 heteroatoms. The second-order valence-electron chi connectivity index (χ2n) is 5.69. The van der Waals surface area contributed by atoms with Crippen LogP contribution in [0.5, 0.6) is 0 Å². The van der Waals surface area contributed by atoms with Gasteiger partial charge < -0.3 is 5.32 Å². The van der Waals surface area contributed by atoms with Crippen LogP contribution in [0.15, 0.2) is 36.4 Å². The molecule has 0 bridgehead atoms. The monoisotopic (exact) mass is 255 g/mol. The number of para-hydroxylation sites is 1. The smallest absolute Gasteiger partial charge is 0.0706 e. The third-order valence-electron chi connectivity index (χ3n) is 4.13. The largest absolute Gasteiger partial charge is 0.314 e. The van der Waals surface area contributed by atoms with E-state index in [0.717, 1.165) is 37.4 Å². The van der Waals surface area contributed by atoms with E-state index < -0.39 is 0 Å². The number of piperazine rings is 1. The van der Waals surface area contributed by atoms with Crippen LogP contribution in [0.4, 0.5) is 0 Å². The van der Waals surface area contributed by atoms with Gasteiger partial charge in [0, 0.05) is 31.6 Å². The van der Waals surface area contributed by atoms with Crippen molar-refractivity contribution in [1.82, 2.24) is 15.2 Å². The summed E-state index contributed by atoms with van der Waals surface area (Å²) < 4.78 is 0. The fraction of sp³-hybridized carbons (Fsp3) is 0.438. The maximum atomic E-state index is 4.86. The first-order chi connectivity index (χ1) is 9.18. The van der Waals surface area contributed by atoms with E-state index in [4.69, 9.17) is 4.98 Å². The Labute approximate surface area is 114 Å². The van der Waals surface area contributed by atoms with E-state index in [0.29, 0.717) is 0 Å². The van der Waals surface area contributed by atoms with E-state index in [2.05, 4.69) is 60.5 Å². The molecule has 0 amide bonds. The lowest BCUT2D eigenvalue weighted by Crippen LogP contribution is -2.52. The number of hydrogen-bond donors (Lipinski definition) is 1. The zero-order chi connectivity index (χ0) is 13.3. The summed E-state index contributed by atoms with van der Waals surface area (Å²) >= 11 is 0. The lowest BCUT2D eigenvalue weighted by atomic mass is 9.95. The molecule has 0 radical (unpaired) electrons. The Morgan fingerprint density at radius 3 is 2.58 bits per heavy atom. The second kappa shape index (κ2) is 4.91. The zero-order valence-electron chi connectivity index (χ0n) is 11.7. The molecule has 0 atom stereocenters. The fourth-order valence-electron chi connectivity index (χ4n) is 2.79. The second-order valence-corrected chi connectivity index (χ2v) is 5.69. The SMILES string of the molecule is CC(C)(c1ccc2ccccc2n1)N1CCNCC1. The third kappa shape index (κ3) is 2.36. The number of aromatic nitrogens is 1. The van der Waals surface area contributed by atoms with Crippen molar-refractivity contribution in [2.24, 2.45) is 0 Å². The summed E-state index contributed by atoms with van der Waals surface area (Å²) in [6.07, 6.45) is 0. The molecule has 2 heterocycles. The van der Waals surface area contributed by atoms with E-state index in [9.17, 15) is 0 Å². The summed E-state index contributed by atoms with van der Waals surface area (Å²) in [7, 11) is 0. The van der Waals surface area contributed by atoms with Gasteiger partial charge in [-0.3, -0.25) is 9.88 Å². The van der Waals surface area contributed by atoms with Crippen LogP contribution >= 0.6 is 0 Å². The predicted molar refractivity (Wildman–Crippen MR) is 79.2 cm³/mol. The highest BCUT2D eigenvalue weighted by Crippen LogP contribution is 2.27. The average molecular weight is 255 g/mol. The van der Waals surface area contributed by atoms with E-state index >= 15 is 0 Å². The van der Waals surface area contributed by atoms with Gasteiger partial charge in [-0.25, -0.2) is 0 Å². The number of fused-ring (bicyclic) bond motifs is 1. The van der Waals surface area contributed by atoms with Gasteiger partial charge in [-0.2, -0.15) is 0 Å². The lowest BCUT2D eigenvalue weighted by Gasteiger charge is -2.40. The third-order valence-corrected chi connectivity index (χ3v) is 4.13. The van der Waals surface area contributed by atoms with Crippen molar-refractivity contribution >= 4 is 10.9 Å². The van der Waals surface area contributed by atoms with Crippen LogP contribution in [0.3, 0.4) is 0 Å². The molecule has 1 aromatic carbocycles. The Morgan fingerprint density at radius 2 is 1.79 bits per heavy atom. The van der Waals surface area contributed by atoms with Gasteiger partial charge in [0.15, 0.2) is 0 Å². The molecular weight excluding hydrogens is 234 g/mol. The number of benzene rings is 1. The van der Waals surface area contributed by atoms with Crippen molar-refractivity contribution in [3.8, 4) is 0 Å². The van der Waals surface area contributed by atoms with Crippen molar-refractivity contribution in [2.75, 3.05) is 26.2 Å². The molecule has 1 aliphatic heterocycles. The summed E-state index contributed by atoms with van der Waals surface area (Å²) in [4.78, 5) is 7.37. The van der Waals surface area contributed by atoms with Crippen LogP contribution in [0.1, 0.15) is 19.5 Å². The molecule has 1 N–H and O–H groups in total. The Hall–Kier alpha value is -1.45. The minimum absolute atomic E-state index is 0.00781. The molecule has 1 aromatic heterocycles. The minimum Gasteiger partial charge on any atom is -0.314 e. The average Bonchev–Trinajstić information content (AvgIpc) is 2.47. The normalized spacial score (nSPS) is 17.8. The summed E-state index contributed by atoms with van der Waals surface area (Å²) in [5, 5.41) is 4.62. The first kappa shape index (κ1) is 12.6. The minimum atomic E-state index is -0.00781. The van der Waals surface area contributed by atoms with Crippen LogP contribution in [-0.2, 0) is 5.54 Å². The maximum Gasteiger partial charge on any atom is 0.0706 e. The highest BCUT2D eigenvalue weighted by Gasteiger charge is 2.30. The molecular formula is C16H21N3. The van der Waals surface area contributed by atoms with Gasteiger partial charge in [0.2, 0.25) is 0 Å². The summed E-state index contributed by atoms with van der Waals surface area (Å²) in [6.45, 7) is 8.85. The zero-order valence-corrected chi connectivity index (χ0v) is 11.7. The molecule has 1 saturated heterocycles. The molecule has 3 nitrogen and oxygen atoms in total. The van der Waals surface area contributed by atoms with Crippen LogP contribution in [-0.4, -0.2) is 36.1 Å². The van der Waals surface area contributed by atoms with E-state index in [1.807, 2.05) is 0 Å². The molecule has 100 valence electrons.